The highest BCUT2D eigenvalue weighted by Gasteiger charge is 2.10. The summed E-state index contributed by atoms with van der Waals surface area (Å²) in [6.45, 7) is 0.592. The van der Waals surface area contributed by atoms with Gasteiger partial charge in [-0.25, -0.2) is 0 Å². The molecule has 100 valence electrons. The van der Waals surface area contributed by atoms with E-state index in [2.05, 4.69) is 0 Å². The smallest absolute Gasteiger partial charge is 0.0778 e. The van der Waals surface area contributed by atoms with E-state index in [0.717, 1.165) is 23.1 Å². The maximum Gasteiger partial charge on any atom is 0.0778 e. The standard InChI is InChI=1S/C14H11Cl4N/c15-11-5-8(3-4-19)1-2-10(11)9-6-12(16)14(18)13(17)7-9/h1-2,5-7H,3-4,19H2. The molecule has 0 amide bonds. The second-order valence-electron chi connectivity index (χ2n) is 4.11. The fraction of sp³-hybridized carbons (Fsp3) is 0.143. The van der Waals surface area contributed by atoms with Crippen LogP contribution < -0.4 is 5.73 Å². The van der Waals surface area contributed by atoms with Crippen LogP contribution in [0.2, 0.25) is 20.1 Å². The molecule has 0 aliphatic carbocycles. The van der Waals surface area contributed by atoms with Crippen molar-refractivity contribution in [2.45, 2.75) is 6.42 Å². The maximum absolute atomic E-state index is 6.28. The quantitative estimate of drug-likeness (QED) is 0.740. The van der Waals surface area contributed by atoms with Crippen molar-refractivity contribution in [3.8, 4) is 11.1 Å². The predicted molar refractivity (Wildman–Crippen MR) is 84.7 cm³/mol. The highest BCUT2D eigenvalue weighted by molar-refractivity contribution is 6.48. The Morgan fingerprint density at radius 2 is 1.47 bits per heavy atom. The average molecular weight is 335 g/mol. The summed E-state index contributed by atoms with van der Waals surface area (Å²) in [6.07, 6.45) is 0.794. The van der Waals surface area contributed by atoms with Crippen LogP contribution in [0.4, 0.5) is 0 Å². The summed E-state index contributed by atoms with van der Waals surface area (Å²) < 4.78 is 0. The highest BCUT2D eigenvalue weighted by Crippen LogP contribution is 2.37. The molecule has 0 atom stereocenters. The lowest BCUT2D eigenvalue weighted by molar-refractivity contribution is 0.969. The van der Waals surface area contributed by atoms with Crippen LogP contribution in [-0.2, 0) is 6.42 Å². The minimum atomic E-state index is 0.350. The molecule has 0 heterocycles. The molecule has 0 unspecified atom stereocenters. The van der Waals surface area contributed by atoms with E-state index in [1.807, 2.05) is 18.2 Å². The molecule has 5 heteroatoms. The average Bonchev–Trinajstić information content (AvgIpc) is 2.36. The van der Waals surface area contributed by atoms with Crippen LogP contribution in [0.3, 0.4) is 0 Å². The van der Waals surface area contributed by atoms with Crippen LogP contribution in [0.1, 0.15) is 5.56 Å². The molecule has 2 N–H and O–H groups in total. The van der Waals surface area contributed by atoms with Gasteiger partial charge in [-0.3, -0.25) is 0 Å². The summed E-state index contributed by atoms with van der Waals surface area (Å²) in [7, 11) is 0. The van der Waals surface area contributed by atoms with Crippen molar-refractivity contribution in [2.75, 3.05) is 6.54 Å². The Morgan fingerprint density at radius 3 is 2.00 bits per heavy atom. The van der Waals surface area contributed by atoms with Gasteiger partial charge in [-0.05, 0) is 42.3 Å². The van der Waals surface area contributed by atoms with Crippen molar-refractivity contribution in [1.82, 2.24) is 0 Å². The first-order valence-electron chi connectivity index (χ1n) is 5.66. The zero-order chi connectivity index (χ0) is 14.0. The second kappa shape index (κ2) is 6.34. The van der Waals surface area contributed by atoms with Gasteiger partial charge in [0.1, 0.15) is 0 Å². The molecule has 0 saturated heterocycles. The van der Waals surface area contributed by atoms with Gasteiger partial charge in [-0.15, -0.1) is 0 Å². The van der Waals surface area contributed by atoms with Crippen molar-refractivity contribution in [1.29, 1.82) is 0 Å². The Bertz CT molecular complexity index is 587. The Labute approximate surface area is 132 Å². The van der Waals surface area contributed by atoms with Crippen LogP contribution in [0, 0.1) is 0 Å². The van der Waals surface area contributed by atoms with E-state index < -0.39 is 0 Å². The van der Waals surface area contributed by atoms with Gasteiger partial charge >= 0.3 is 0 Å². The van der Waals surface area contributed by atoms with Crippen LogP contribution in [0.5, 0.6) is 0 Å². The molecule has 2 aromatic carbocycles. The lowest BCUT2D eigenvalue weighted by Crippen LogP contribution is -2.02. The Morgan fingerprint density at radius 1 is 0.842 bits per heavy atom. The first kappa shape index (κ1) is 15.0. The Kier molecular flexibility index (Phi) is 4.99. The zero-order valence-electron chi connectivity index (χ0n) is 9.89. The molecule has 0 saturated carbocycles. The zero-order valence-corrected chi connectivity index (χ0v) is 12.9. The van der Waals surface area contributed by atoms with Crippen molar-refractivity contribution < 1.29 is 0 Å². The van der Waals surface area contributed by atoms with E-state index in [0.29, 0.717) is 26.6 Å². The first-order valence-corrected chi connectivity index (χ1v) is 7.17. The van der Waals surface area contributed by atoms with Gasteiger partial charge in [0, 0.05) is 10.6 Å². The summed E-state index contributed by atoms with van der Waals surface area (Å²) in [6, 6.07) is 9.33. The molecular weight excluding hydrogens is 324 g/mol. The summed E-state index contributed by atoms with van der Waals surface area (Å²) in [5, 5.41) is 1.81. The van der Waals surface area contributed by atoms with E-state index >= 15 is 0 Å². The third-order valence-electron chi connectivity index (χ3n) is 2.76. The van der Waals surface area contributed by atoms with Gasteiger partial charge < -0.3 is 5.73 Å². The molecule has 0 fully saturated rings. The van der Waals surface area contributed by atoms with Crippen molar-refractivity contribution in [3.63, 3.8) is 0 Å². The van der Waals surface area contributed by atoms with Crippen LogP contribution >= 0.6 is 46.4 Å². The van der Waals surface area contributed by atoms with Gasteiger partial charge in [0.25, 0.3) is 0 Å². The molecule has 2 aromatic rings. The SMILES string of the molecule is NCCc1ccc(-c2cc(Cl)c(Cl)c(Cl)c2)c(Cl)c1. The Balaban J connectivity index is 2.47. The topological polar surface area (TPSA) is 26.0 Å². The van der Waals surface area contributed by atoms with E-state index in [1.165, 1.54) is 0 Å². The van der Waals surface area contributed by atoms with Crippen LogP contribution in [0.15, 0.2) is 30.3 Å². The first-order chi connectivity index (χ1) is 9.02. The van der Waals surface area contributed by atoms with E-state index in [1.54, 1.807) is 12.1 Å². The van der Waals surface area contributed by atoms with Crippen LogP contribution in [-0.4, -0.2) is 6.54 Å². The van der Waals surface area contributed by atoms with E-state index in [9.17, 15) is 0 Å². The third kappa shape index (κ3) is 3.36. The molecule has 0 aromatic heterocycles. The summed E-state index contributed by atoms with van der Waals surface area (Å²) in [4.78, 5) is 0. The number of hydrogen-bond donors (Lipinski definition) is 1. The van der Waals surface area contributed by atoms with Gasteiger partial charge in [-0.1, -0.05) is 58.5 Å². The van der Waals surface area contributed by atoms with Gasteiger partial charge in [-0.2, -0.15) is 0 Å². The van der Waals surface area contributed by atoms with Crippen molar-refractivity contribution in [3.05, 3.63) is 56.0 Å². The molecule has 0 spiro atoms. The molecule has 0 aliphatic heterocycles. The molecule has 19 heavy (non-hydrogen) atoms. The van der Waals surface area contributed by atoms with Gasteiger partial charge in [0.2, 0.25) is 0 Å². The minimum absolute atomic E-state index is 0.350. The lowest BCUT2D eigenvalue weighted by Gasteiger charge is -2.09. The number of nitrogens with two attached hydrogens (primary N) is 1. The monoisotopic (exact) mass is 333 g/mol. The van der Waals surface area contributed by atoms with Crippen molar-refractivity contribution >= 4 is 46.4 Å². The number of benzene rings is 2. The largest absolute Gasteiger partial charge is 0.330 e. The molecule has 0 aliphatic rings. The van der Waals surface area contributed by atoms with Crippen LogP contribution in [0.25, 0.3) is 11.1 Å². The predicted octanol–water partition coefficient (Wildman–Crippen LogP) is 5.47. The molecule has 2 rings (SSSR count). The fourth-order valence-corrected chi connectivity index (χ4v) is 2.73. The normalized spacial score (nSPS) is 10.8. The molecule has 1 nitrogen and oxygen atoms in total. The lowest BCUT2D eigenvalue weighted by atomic mass is 10.0. The maximum atomic E-state index is 6.28. The highest BCUT2D eigenvalue weighted by atomic mass is 35.5. The summed E-state index contributed by atoms with van der Waals surface area (Å²) in [5.41, 5.74) is 8.32. The summed E-state index contributed by atoms with van der Waals surface area (Å²) in [5.74, 6) is 0. The van der Waals surface area contributed by atoms with Crippen molar-refractivity contribution in [2.24, 2.45) is 5.73 Å². The van der Waals surface area contributed by atoms with Gasteiger partial charge in [0.15, 0.2) is 0 Å². The summed E-state index contributed by atoms with van der Waals surface area (Å²) >= 11 is 24.3. The van der Waals surface area contributed by atoms with Gasteiger partial charge in [0.05, 0.1) is 15.1 Å². The molecule has 0 bridgehead atoms. The van der Waals surface area contributed by atoms with E-state index in [-0.39, 0.29) is 0 Å². The molecular formula is C14H11Cl4N. The number of rotatable bonds is 3. The molecule has 0 radical (unpaired) electrons. The minimum Gasteiger partial charge on any atom is -0.330 e. The van der Waals surface area contributed by atoms with E-state index in [4.69, 9.17) is 52.1 Å². The number of halogens is 4. The number of hydrogen-bond acceptors (Lipinski definition) is 1. The second-order valence-corrected chi connectivity index (χ2v) is 5.71. The fourth-order valence-electron chi connectivity index (χ4n) is 1.83. The third-order valence-corrected chi connectivity index (χ3v) is 4.27. The Hall–Kier alpha value is -0.440.